The van der Waals surface area contributed by atoms with E-state index < -0.39 is 12.1 Å². The molecule has 2 atom stereocenters. The summed E-state index contributed by atoms with van der Waals surface area (Å²) in [6, 6.07) is -0.645. The molecule has 0 saturated heterocycles. The fourth-order valence-electron chi connectivity index (χ4n) is 10.6. The Hall–Kier alpha value is -1.39. The molecule has 2 unspecified atom stereocenters. The second-order valence-electron chi connectivity index (χ2n) is 22.9. The monoisotopic (exact) mass is 1010 g/mol. The zero-order valence-corrected chi connectivity index (χ0v) is 49.2. The van der Waals surface area contributed by atoms with E-state index in [1.54, 1.807) is 6.08 Å². The normalized spacial score (nSPS) is 12.9. The van der Waals surface area contributed by atoms with E-state index in [4.69, 9.17) is 0 Å². The van der Waals surface area contributed by atoms with Gasteiger partial charge in [0.15, 0.2) is 0 Å². The molecule has 0 aromatic carbocycles. The first-order valence-electron chi connectivity index (χ1n) is 33.2. The summed E-state index contributed by atoms with van der Waals surface area (Å²) >= 11 is 0. The maximum Gasteiger partial charge on any atom is 0.220 e. The molecule has 4 nitrogen and oxygen atoms in total. The molecule has 0 heterocycles. The topological polar surface area (TPSA) is 69.6 Å². The number of aliphatic hydroxyl groups is 2. The molecular weight excluding hydrogens is 879 g/mol. The zero-order valence-electron chi connectivity index (χ0n) is 49.2. The van der Waals surface area contributed by atoms with Gasteiger partial charge in [0.05, 0.1) is 18.8 Å². The second-order valence-corrected chi connectivity index (χ2v) is 22.9. The largest absolute Gasteiger partial charge is 0.394 e. The lowest BCUT2D eigenvalue weighted by atomic mass is 10.0. The van der Waals surface area contributed by atoms with Gasteiger partial charge in [-0.15, -0.1) is 0 Å². The molecule has 3 N–H and O–H groups in total. The van der Waals surface area contributed by atoms with Crippen molar-refractivity contribution in [2.45, 2.75) is 386 Å². The highest BCUT2D eigenvalue weighted by molar-refractivity contribution is 5.76. The maximum atomic E-state index is 12.5. The number of amides is 1. The van der Waals surface area contributed by atoms with Gasteiger partial charge in [-0.3, -0.25) is 4.79 Å². The van der Waals surface area contributed by atoms with E-state index in [1.807, 2.05) is 6.08 Å². The summed E-state index contributed by atoms with van der Waals surface area (Å²) in [7, 11) is 0. The van der Waals surface area contributed by atoms with Gasteiger partial charge >= 0.3 is 0 Å². The van der Waals surface area contributed by atoms with Gasteiger partial charge in [-0.2, -0.15) is 0 Å². The summed E-state index contributed by atoms with van der Waals surface area (Å²) in [5.41, 5.74) is 0. The van der Waals surface area contributed by atoms with Crippen molar-refractivity contribution < 1.29 is 15.0 Å². The van der Waals surface area contributed by atoms with Gasteiger partial charge in [0, 0.05) is 6.42 Å². The number of carbonyl (C=O) groups is 1. The molecule has 426 valence electrons. The predicted molar refractivity (Wildman–Crippen MR) is 322 cm³/mol. The molecule has 0 aromatic heterocycles. The van der Waals surface area contributed by atoms with Crippen LogP contribution in [0.2, 0.25) is 0 Å². The number of carbonyl (C=O) groups excluding carboxylic acids is 1. The first-order chi connectivity index (χ1) is 35.7. The van der Waals surface area contributed by atoms with E-state index in [0.717, 1.165) is 38.5 Å². The molecular formula is C68H131NO3. The molecule has 0 aromatic rings. The lowest BCUT2D eigenvalue weighted by molar-refractivity contribution is -0.123. The number of aliphatic hydroxyl groups excluding tert-OH is 2. The van der Waals surface area contributed by atoms with Crippen LogP contribution in [0.1, 0.15) is 373 Å². The van der Waals surface area contributed by atoms with Crippen molar-refractivity contribution in [3.05, 3.63) is 36.5 Å². The van der Waals surface area contributed by atoms with Gasteiger partial charge < -0.3 is 15.5 Å². The summed E-state index contributed by atoms with van der Waals surface area (Å²) < 4.78 is 0. The third-order valence-corrected chi connectivity index (χ3v) is 15.6. The molecule has 0 fully saturated rings. The Labute approximate surface area is 452 Å². The molecule has 1 amide bonds. The molecule has 0 radical (unpaired) electrons. The highest BCUT2D eigenvalue weighted by atomic mass is 16.3. The Kier molecular flexibility index (Phi) is 62.7. The predicted octanol–water partition coefficient (Wildman–Crippen LogP) is 22.4. The van der Waals surface area contributed by atoms with Crippen molar-refractivity contribution in [3.63, 3.8) is 0 Å². The summed E-state index contributed by atoms with van der Waals surface area (Å²) in [4.78, 5) is 12.5. The molecule has 0 aliphatic heterocycles. The van der Waals surface area contributed by atoms with Crippen molar-refractivity contribution >= 4 is 5.91 Å². The fourth-order valence-corrected chi connectivity index (χ4v) is 10.6. The minimum absolute atomic E-state index is 0.0700. The van der Waals surface area contributed by atoms with E-state index in [9.17, 15) is 15.0 Å². The minimum Gasteiger partial charge on any atom is -0.394 e. The second kappa shape index (κ2) is 63.9. The average molecular weight is 1010 g/mol. The van der Waals surface area contributed by atoms with E-state index in [-0.39, 0.29) is 12.5 Å². The van der Waals surface area contributed by atoms with Gasteiger partial charge in [0.25, 0.3) is 0 Å². The van der Waals surface area contributed by atoms with Crippen molar-refractivity contribution in [2.24, 2.45) is 0 Å². The van der Waals surface area contributed by atoms with Crippen molar-refractivity contribution in [2.75, 3.05) is 6.61 Å². The summed E-state index contributed by atoms with van der Waals surface area (Å²) in [5, 5.41) is 23.2. The van der Waals surface area contributed by atoms with Crippen LogP contribution >= 0.6 is 0 Å². The Bertz CT molecular complexity index is 1100. The summed E-state index contributed by atoms with van der Waals surface area (Å²) in [6.07, 6.45) is 88.0. The third-order valence-electron chi connectivity index (χ3n) is 15.6. The van der Waals surface area contributed by atoms with Crippen molar-refractivity contribution in [1.82, 2.24) is 5.32 Å². The van der Waals surface area contributed by atoms with Crippen LogP contribution in [-0.2, 0) is 4.79 Å². The van der Waals surface area contributed by atoms with Crippen LogP contribution in [0, 0.1) is 0 Å². The Balaban J connectivity index is 3.46. The van der Waals surface area contributed by atoms with E-state index >= 15 is 0 Å². The summed E-state index contributed by atoms with van der Waals surface area (Å²) in [6.45, 7) is 4.34. The smallest absolute Gasteiger partial charge is 0.220 e. The minimum atomic E-state index is -0.870. The zero-order chi connectivity index (χ0) is 52.0. The third kappa shape index (κ3) is 59.5. The van der Waals surface area contributed by atoms with Crippen molar-refractivity contribution in [1.29, 1.82) is 0 Å². The number of hydrogen-bond donors (Lipinski definition) is 3. The standard InChI is InChI=1S/C68H131NO3/c1-3-5-7-9-11-13-15-17-19-21-23-25-27-29-31-32-33-34-35-36-37-38-40-42-44-46-48-50-52-54-56-58-60-62-64-68(72)69-66(65-70)67(71)63-61-59-57-55-53-51-49-47-45-43-41-39-30-28-26-24-22-20-18-16-14-12-10-8-6-4-2/h45,47,53,55,61,63,66-67,70-71H,3-44,46,48-52,54,56-60,62,64-65H2,1-2H3,(H,69,72)/b47-45+,55-53+,63-61+. The van der Waals surface area contributed by atoms with Gasteiger partial charge in [0.2, 0.25) is 5.91 Å². The number of nitrogens with one attached hydrogen (secondary N) is 1. The SMILES string of the molecule is CCCCCCCCCCCCCCCCCC/C=C/CC/C=C/CC/C=C/C(O)C(CO)NC(=O)CCCCCCCCCCCCCCCCCCCCCCCCCCCCCCCCCCCC. The van der Waals surface area contributed by atoms with Crippen LogP contribution in [0.25, 0.3) is 0 Å². The molecule has 0 rings (SSSR count). The Morgan fingerprint density at radius 3 is 0.806 bits per heavy atom. The number of rotatable bonds is 62. The van der Waals surface area contributed by atoms with Crippen molar-refractivity contribution in [3.8, 4) is 0 Å². The highest BCUT2D eigenvalue weighted by Crippen LogP contribution is 2.19. The van der Waals surface area contributed by atoms with E-state index in [0.29, 0.717) is 6.42 Å². The van der Waals surface area contributed by atoms with Gasteiger partial charge in [-0.05, 0) is 44.9 Å². The van der Waals surface area contributed by atoms with Gasteiger partial charge in [-0.25, -0.2) is 0 Å². The molecule has 0 aliphatic carbocycles. The van der Waals surface area contributed by atoms with Crippen LogP contribution in [0.3, 0.4) is 0 Å². The molecule has 4 heteroatoms. The highest BCUT2D eigenvalue weighted by Gasteiger charge is 2.18. The maximum absolute atomic E-state index is 12.5. The first kappa shape index (κ1) is 70.6. The molecule has 72 heavy (non-hydrogen) atoms. The molecule has 0 saturated carbocycles. The Morgan fingerprint density at radius 2 is 0.542 bits per heavy atom. The summed E-state index contributed by atoms with van der Waals surface area (Å²) in [5.74, 6) is -0.0700. The van der Waals surface area contributed by atoms with Crippen LogP contribution in [-0.4, -0.2) is 34.9 Å². The quantitative estimate of drug-likeness (QED) is 0.0420. The number of unbranched alkanes of at least 4 members (excludes halogenated alkanes) is 51. The lowest BCUT2D eigenvalue weighted by Crippen LogP contribution is -2.45. The van der Waals surface area contributed by atoms with Gasteiger partial charge in [0.1, 0.15) is 0 Å². The van der Waals surface area contributed by atoms with Crippen LogP contribution in [0.4, 0.5) is 0 Å². The first-order valence-corrected chi connectivity index (χ1v) is 33.2. The van der Waals surface area contributed by atoms with Crippen LogP contribution in [0.15, 0.2) is 36.5 Å². The van der Waals surface area contributed by atoms with Crippen LogP contribution in [0.5, 0.6) is 0 Å². The Morgan fingerprint density at radius 1 is 0.319 bits per heavy atom. The van der Waals surface area contributed by atoms with E-state index in [2.05, 4.69) is 43.5 Å². The van der Waals surface area contributed by atoms with Gasteiger partial charge in [-0.1, -0.05) is 359 Å². The molecule has 0 spiro atoms. The fraction of sp³-hybridized carbons (Fsp3) is 0.897. The van der Waals surface area contributed by atoms with Crippen LogP contribution < -0.4 is 5.32 Å². The lowest BCUT2D eigenvalue weighted by Gasteiger charge is -2.19. The van der Waals surface area contributed by atoms with E-state index in [1.165, 1.54) is 315 Å². The molecule has 0 aliphatic rings. The number of allylic oxidation sites excluding steroid dienone is 5. The molecule has 0 bridgehead atoms. The average Bonchev–Trinajstić information content (AvgIpc) is 3.39. The number of hydrogen-bond acceptors (Lipinski definition) is 3.